The number of hydrogen-bond acceptors (Lipinski definition) is 3. The fourth-order valence-electron chi connectivity index (χ4n) is 1.65. The van der Waals surface area contributed by atoms with E-state index in [0.717, 1.165) is 5.75 Å². The minimum Gasteiger partial charge on any atom is -0.491 e. The van der Waals surface area contributed by atoms with Crippen LogP contribution in [0.2, 0.25) is 0 Å². The van der Waals surface area contributed by atoms with Gasteiger partial charge in [-0.2, -0.15) is 0 Å². The molecule has 19 heavy (non-hydrogen) atoms. The Hall–Kier alpha value is -1.68. The summed E-state index contributed by atoms with van der Waals surface area (Å²) in [6.07, 6.45) is 1.72. The lowest BCUT2D eigenvalue weighted by molar-refractivity contribution is 0.103. The standard InChI is InChI=1S/C15H14BrNO2/c1-10(2)19-12-7-5-11(6-8-12)15(18)14-13(16)4-3-9-17-14/h3-10H,1-2H3. The van der Waals surface area contributed by atoms with Crippen LogP contribution >= 0.6 is 15.9 Å². The molecule has 0 aliphatic carbocycles. The second-order valence-electron chi connectivity index (χ2n) is 4.35. The molecule has 0 spiro atoms. The minimum absolute atomic E-state index is 0.108. The van der Waals surface area contributed by atoms with Crippen molar-refractivity contribution in [2.45, 2.75) is 20.0 Å². The van der Waals surface area contributed by atoms with Crippen molar-refractivity contribution >= 4 is 21.7 Å². The molecule has 0 N–H and O–H groups in total. The lowest BCUT2D eigenvalue weighted by Gasteiger charge is -2.09. The summed E-state index contributed by atoms with van der Waals surface area (Å²) in [6, 6.07) is 10.7. The molecule has 0 saturated carbocycles. The molecule has 0 amide bonds. The molecule has 0 saturated heterocycles. The zero-order valence-corrected chi connectivity index (χ0v) is 12.3. The Morgan fingerprint density at radius 3 is 2.47 bits per heavy atom. The van der Waals surface area contributed by atoms with Gasteiger partial charge in [-0.1, -0.05) is 0 Å². The van der Waals surface area contributed by atoms with Crippen LogP contribution < -0.4 is 4.74 Å². The number of carbonyl (C=O) groups excluding carboxylic acids is 1. The van der Waals surface area contributed by atoms with Gasteiger partial charge in [-0.3, -0.25) is 9.78 Å². The number of rotatable bonds is 4. The van der Waals surface area contributed by atoms with Crippen molar-refractivity contribution in [1.29, 1.82) is 0 Å². The van der Waals surface area contributed by atoms with E-state index in [1.54, 1.807) is 42.6 Å². The zero-order valence-electron chi connectivity index (χ0n) is 10.8. The van der Waals surface area contributed by atoms with Gasteiger partial charge >= 0.3 is 0 Å². The number of pyridine rings is 1. The van der Waals surface area contributed by atoms with E-state index < -0.39 is 0 Å². The molecular weight excluding hydrogens is 306 g/mol. The van der Waals surface area contributed by atoms with Gasteiger partial charge in [0.1, 0.15) is 11.4 Å². The number of carbonyl (C=O) groups is 1. The van der Waals surface area contributed by atoms with E-state index in [0.29, 0.717) is 15.7 Å². The van der Waals surface area contributed by atoms with Gasteiger partial charge in [-0.25, -0.2) is 0 Å². The highest BCUT2D eigenvalue weighted by Gasteiger charge is 2.13. The molecule has 2 aromatic rings. The van der Waals surface area contributed by atoms with Gasteiger partial charge in [-0.05, 0) is 66.2 Å². The van der Waals surface area contributed by atoms with Crippen LogP contribution in [0.1, 0.15) is 29.9 Å². The Kier molecular flexibility index (Phi) is 4.32. The largest absolute Gasteiger partial charge is 0.491 e. The Morgan fingerprint density at radius 1 is 1.21 bits per heavy atom. The van der Waals surface area contributed by atoms with Gasteiger partial charge in [0, 0.05) is 16.2 Å². The Balaban J connectivity index is 2.23. The second-order valence-corrected chi connectivity index (χ2v) is 5.21. The maximum Gasteiger partial charge on any atom is 0.212 e. The number of ether oxygens (including phenoxy) is 1. The Morgan fingerprint density at radius 2 is 1.89 bits per heavy atom. The molecule has 1 aromatic heterocycles. The van der Waals surface area contributed by atoms with E-state index >= 15 is 0 Å². The van der Waals surface area contributed by atoms with E-state index in [-0.39, 0.29) is 11.9 Å². The first-order valence-electron chi connectivity index (χ1n) is 6.00. The molecule has 0 aliphatic rings. The van der Waals surface area contributed by atoms with Gasteiger partial charge in [0.2, 0.25) is 5.78 Å². The average Bonchev–Trinajstić information content (AvgIpc) is 2.39. The van der Waals surface area contributed by atoms with Gasteiger partial charge in [0.25, 0.3) is 0 Å². The number of ketones is 1. The maximum absolute atomic E-state index is 12.3. The molecule has 0 atom stereocenters. The first kappa shape index (κ1) is 13.7. The van der Waals surface area contributed by atoms with E-state index in [2.05, 4.69) is 20.9 Å². The van der Waals surface area contributed by atoms with Gasteiger partial charge in [0.05, 0.1) is 6.10 Å². The van der Waals surface area contributed by atoms with Crippen molar-refractivity contribution < 1.29 is 9.53 Å². The summed E-state index contributed by atoms with van der Waals surface area (Å²) in [4.78, 5) is 16.4. The fourth-order valence-corrected chi connectivity index (χ4v) is 2.08. The first-order chi connectivity index (χ1) is 9.08. The summed E-state index contributed by atoms with van der Waals surface area (Å²) < 4.78 is 6.24. The topological polar surface area (TPSA) is 39.2 Å². The molecular formula is C15H14BrNO2. The molecule has 3 nitrogen and oxygen atoms in total. The molecule has 0 fully saturated rings. The predicted octanol–water partition coefficient (Wildman–Crippen LogP) is 3.86. The van der Waals surface area contributed by atoms with Crippen molar-refractivity contribution in [3.63, 3.8) is 0 Å². The third-order valence-corrected chi connectivity index (χ3v) is 3.10. The van der Waals surface area contributed by atoms with Gasteiger partial charge in [0.15, 0.2) is 0 Å². The van der Waals surface area contributed by atoms with Gasteiger partial charge < -0.3 is 4.74 Å². The summed E-state index contributed by atoms with van der Waals surface area (Å²) >= 11 is 3.33. The molecule has 0 aliphatic heterocycles. The normalized spacial score (nSPS) is 10.5. The van der Waals surface area contributed by atoms with Crippen molar-refractivity contribution in [2.24, 2.45) is 0 Å². The number of hydrogen-bond donors (Lipinski definition) is 0. The zero-order chi connectivity index (χ0) is 13.8. The third kappa shape index (κ3) is 3.41. The number of nitrogens with zero attached hydrogens (tertiary/aromatic N) is 1. The molecule has 2 rings (SSSR count). The molecule has 0 bridgehead atoms. The first-order valence-corrected chi connectivity index (χ1v) is 6.79. The van der Waals surface area contributed by atoms with Crippen LogP contribution in [0.3, 0.4) is 0 Å². The molecule has 1 heterocycles. The molecule has 0 unspecified atom stereocenters. The van der Waals surface area contributed by atoms with E-state index in [9.17, 15) is 4.79 Å². The van der Waals surface area contributed by atoms with Crippen molar-refractivity contribution in [3.8, 4) is 5.75 Å². The quantitative estimate of drug-likeness (QED) is 0.803. The van der Waals surface area contributed by atoms with Crippen LogP contribution in [-0.4, -0.2) is 16.9 Å². The van der Waals surface area contributed by atoms with Crippen LogP contribution in [0, 0.1) is 0 Å². The summed E-state index contributed by atoms with van der Waals surface area (Å²) in [5.41, 5.74) is 1.01. The highest BCUT2D eigenvalue weighted by molar-refractivity contribution is 9.10. The number of aromatic nitrogens is 1. The van der Waals surface area contributed by atoms with Crippen LogP contribution in [0.25, 0.3) is 0 Å². The van der Waals surface area contributed by atoms with Crippen molar-refractivity contribution in [1.82, 2.24) is 4.98 Å². The molecule has 0 radical (unpaired) electrons. The van der Waals surface area contributed by atoms with Crippen molar-refractivity contribution in [3.05, 3.63) is 58.3 Å². The highest BCUT2D eigenvalue weighted by Crippen LogP contribution is 2.19. The van der Waals surface area contributed by atoms with Crippen LogP contribution in [0.5, 0.6) is 5.75 Å². The van der Waals surface area contributed by atoms with Crippen molar-refractivity contribution in [2.75, 3.05) is 0 Å². The fraction of sp³-hybridized carbons (Fsp3) is 0.200. The third-order valence-electron chi connectivity index (χ3n) is 2.46. The van der Waals surface area contributed by atoms with E-state index in [1.807, 2.05) is 13.8 Å². The van der Waals surface area contributed by atoms with Crippen LogP contribution in [0.4, 0.5) is 0 Å². The smallest absolute Gasteiger partial charge is 0.212 e. The summed E-state index contributed by atoms with van der Waals surface area (Å²) in [5.74, 6) is 0.648. The second kappa shape index (κ2) is 5.97. The molecule has 4 heteroatoms. The lowest BCUT2D eigenvalue weighted by Crippen LogP contribution is -2.07. The molecule has 98 valence electrons. The predicted molar refractivity (Wildman–Crippen MR) is 77.6 cm³/mol. The summed E-state index contributed by atoms with van der Waals surface area (Å²) in [7, 11) is 0. The molecule has 1 aromatic carbocycles. The number of halogens is 1. The number of benzene rings is 1. The van der Waals surface area contributed by atoms with E-state index in [4.69, 9.17) is 4.74 Å². The van der Waals surface area contributed by atoms with E-state index in [1.165, 1.54) is 0 Å². The lowest BCUT2D eigenvalue weighted by atomic mass is 10.1. The van der Waals surface area contributed by atoms with Crippen LogP contribution in [-0.2, 0) is 0 Å². The summed E-state index contributed by atoms with van der Waals surface area (Å²) in [6.45, 7) is 3.92. The average molecular weight is 320 g/mol. The SMILES string of the molecule is CC(C)Oc1ccc(C(=O)c2ncccc2Br)cc1. The Bertz CT molecular complexity index is 579. The highest BCUT2D eigenvalue weighted by atomic mass is 79.9. The Labute approximate surface area is 120 Å². The maximum atomic E-state index is 12.3. The monoisotopic (exact) mass is 319 g/mol. The minimum atomic E-state index is -0.108. The van der Waals surface area contributed by atoms with Crippen LogP contribution in [0.15, 0.2) is 47.1 Å². The summed E-state index contributed by atoms with van der Waals surface area (Å²) in [5, 5.41) is 0. The van der Waals surface area contributed by atoms with Gasteiger partial charge in [-0.15, -0.1) is 0 Å².